The summed E-state index contributed by atoms with van der Waals surface area (Å²) in [5.41, 5.74) is 1.52. The van der Waals surface area contributed by atoms with Crippen molar-refractivity contribution in [2.24, 2.45) is 5.92 Å². The van der Waals surface area contributed by atoms with Crippen LogP contribution in [0.5, 0.6) is 0 Å². The summed E-state index contributed by atoms with van der Waals surface area (Å²) in [5, 5.41) is 5.05. The van der Waals surface area contributed by atoms with Gasteiger partial charge in [0.15, 0.2) is 0 Å². The first-order chi connectivity index (χ1) is 9.85. The van der Waals surface area contributed by atoms with Crippen LogP contribution in [-0.2, 0) is 13.0 Å². The SMILES string of the molecule is CC(C)Cc1nc(C2CCCCC2)sc1CNC(C)(C)C. The Morgan fingerprint density at radius 3 is 2.43 bits per heavy atom. The lowest BCUT2D eigenvalue weighted by Gasteiger charge is -2.20. The van der Waals surface area contributed by atoms with Crippen LogP contribution in [0.15, 0.2) is 0 Å². The largest absolute Gasteiger partial charge is 0.307 e. The van der Waals surface area contributed by atoms with Gasteiger partial charge in [-0.2, -0.15) is 0 Å². The zero-order valence-electron chi connectivity index (χ0n) is 14.5. The number of nitrogens with zero attached hydrogens (tertiary/aromatic N) is 1. The molecular formula is C18H32N2S. The van der Waals surface area contributed by atoms with Crippen LogP contribution in [0.3, 0.4) is 0 Å². The highest BCUT2D eigenvalue weighted by atomic mass is 32.1. The van der Waals surface area contributed by atoms with Crippen molar-refractivity contribution in [3.05, 3.63) is 15.6 Å². The van der Waals surface area contributed by atoms with E-state index in [2.05, 4.69) is 39.9 Å². The fourth-order valence-corrected chi connectivity index (χ4v) is 4.16. The molecule has 0 aromatic carbocycles. The van der Waals surface area contributed by atoms with Crippen molar-refractivity contribution < 1.29 is 0 Å². The van der Waals surface area contributed by atoms with Gasteiger partial charge in [0.1, 0.15) is 0 Å². The van der Waals surface area contributed by atoms with E-state index in [0.29, 0.717) is 5.92 Å². The van der Waals surface area contributed by atoms with Gasteiger partial charge in [0.25, 0.3) is 0 Å². The highest BCUT2D eigenvalue weighted by Crippen LogP contribution is 2.36. The first-order valence-electron chi connectivity index (χ1n) is 8.58. The van der Waals surface area contributed by atoms with E-state index in [4.69, 9.17) is 4.98 Å². The van der Waals surface area contributed by atoms with Crippen molar-refractivity contribution in [3.63, 3.8) is 0 Å². The Balaban J connectivity index is 2.13. The van der Waals surface area contributed by atoms with Gasteiger partial charge >= 0.3 is 0 Å². The molecule has 2 rings (SSSR count). The molecule has 2 nitrogen and oxygen atoms in total. The smallest absolute Gasteiger partial charge is 0.0962 e. The van der Waals surface area contributed by atoms with E-state index in [1.165, 1.54) is 47.7 Å². The molecule has 1 aliphatic rings. The normalized spacial score (nSPS) is 17.6. The monoisotopic (exact) mass is 308 g/mol. The fourth-order valence-electron chi connectivity index (χ4n) is 2.96. The summed E-state index contributed by atoms with van der Waals surface area (Å²) in [6, 6.07) is 0. The van der Waals surface area contributed by atoms with Gasteiger partial charge in [0.2, 0.25) is 0 Å². The molecular weight excluding hydrogens is 276 g/mol. The maximum Gasteiger partial charge on any atom is 0.0962 e. The first kappa shape index (κ1) is 17.0. The minimum absolute atomic E-state index is 0.171. The van der Waals surface area contributed by atoms with E-state index in [1.807, 2.05) is 11.3 Å². The molecule has 1 N–H and O–H groups in total. The molecule has 0 atom stereocenters. The quantitative estimate of drug-likeness (QED) is 0.800. The summed E-state index contributed by atoms with van der Waals surface area (Å²) in [4.78, 5) is 6.52. The Morgan fingerprint density at radius 2 is 1.86 bits per heavy atom. The van der Waals surface area contributed by atoms with E-state index in [1.54, 1.807) is 0 Å². The molecule has 0 aliphatic heterocycles. The molecule has 1 aromatic rings. The molecule has 0 spiro atoms. The van der Waals surface area contributed by atoms with E-state index < -0.39 is 0 Å². The number of aromatic nitrogens is 1. The first-order valence-corrected chi connectivity index (χ1v) is 9.40. The van der Waals surface area contributed by atoms with E-state index in [0.717, 1.165) is 18.9 Å². The van der Waals surface area contributed by atoms with Crippen LogP contribution < -0.4 is 5.32 Å². The van der Waals surface area contributed by atoms with Gasteiger partial charge in [-0.15, -0.1) is 11.3 Å². The maximum absolute atomic E-state index is 5.05. The third-order valence-electron chi connectivity index (χ3n) is 4.13. The van der Waals surface area contributed by atoms with Crippen molar-refractivity contribution in [3.8, 4) is 0 Å². The average molecular weight is 309 g/mol. The molecule has 0 unspecified atom stereocenters. The standard InChI is InChI=1S/C18H32N2S/c1-13(2)11-15-16(12-19-18(3,4)5)21-17(20-15)14-9-7-6-8-10-14/h13-14,19H,6-12H2,1-5H3. The van der Waals surface area contributed by atoms with E-state index in [-0.39, 0.29) is 5.54 Å². The van der Waals surface area contributed by atoms with Crippen molar-refractivity contribution in [1.82, 2.24) is 10.3 Å². The third kappa shape index (κ3) is 5.37. The molecule has 1 fully saturated rings. The number of nitrogens with one attached hydrogen (secondary N) is 1. The lowest BCUT2D eigenvalue weighted by Crippen LogP contribution is -2.35. The molecule has 1 saturated carbocycles. The van der Waals surface area contributed by atoms with Gasteiger partial charge in [-0.3, -0.25) is 0 Å². The molecule has 1 heterocycles. The zero-order chi connectivity index (χ0) is 15.5. The molecule has 120 valence electrons. The summed E-state index contributed by atoms with van der Waals surface area (Å²) in [6.07, 6.45) is 8.00. The molecule has 0 saturated heterocycles. The van der Waals surface area contributed by atoms with Crippen LogP contribution in [0.4, 0.5) is 0 Å². The second kappa shape index (κ2) is 7.23. The van der Waals surface area contributed by atoms with Crippen molar-refractivity contribution in [1.29, 1.82) is 0 Å². The maximum atomic E-state index is 5.05. The minimum atomic E-state index is 0.171. The molecule has 0 amide bonds. The molecule has 1 aliphatic carbocycles. The van der Waals surface area contributed by atoms with Gasteiger partial charge in [-0.25, -0.2) is 4.98 Å². The predicted molar refractivity (Wildman–Crippen MR) is 93.1 cm³/mol. The van der Waals surface area contributed by atoms with Crippen LogP contribution in [-0.4, -0.2) is 10.5 Å². The third-order valence-corrected chi connectivity index (χ3v) is 5.39. The van der Waals surface area contributed by atoms with Crippen LogP contribution >= 0.6 is 11.3 Å². The Hall–Kier alpha value is -0.410. The lowest BCUT2D eigenvalue weighted by atomic mass is 9.90. The summed E-state index contributed by atoms with van der Waals surface area (Å²) >= 11 is 1.98. The number of rotatable bonds is 5. The van der Waals surface area contributed by atoms with Gasteiger partial charge in [-0.05, 0) is 46.0 Å². The number of hydrogen-bond donors (Lipinski definition) is 1. The summed E-state index contributed by atoms with van der Waals surface area (Å²) in [6.45, 7) is 12.3. The van der Waals surface area contributed by atoms with Gasteiger partial charge < -0.3 is 5.32 Å². The van der Waals surface area contributed by atoms with Gasteiger partial charge in [-0.1, -0.05) is 33.1 Å². The second-order valence-electron chi connectivity index (χ2n) is 7.96. The van der Waals surface area contributed by atoms with Gasteiger partial charge in [0.05, 0.1) is 10.7 Å². The highest BCUT2D eigenvalue weighted by Gasteiger charge is 2.22. The highest BCUT2D eigenvalue weighted by molar-refractivity contribution is 7.11. The van der Waals surface area contributed by atoms with Gasteiger partial charge in [0, 0.05) is 22.9 Å². The number of thiazole rings is 1. The number of hydrogen-bond acceptors (Lipinski definition) is 3. The van der Waals surface area contributed by atoms with Crippen LogP contribution in [0, 0.1) is 5.92 Å². The fraction of sp³-hybridized carbons (Fsp3) is 0.833. The zero-order valence-corrected chi connectivity index (χ0v) is 15.3. The Bertz CT molecular complexity index is 437. The van der Waals surface area contributed by atoms with Crippen LogP contribution in [0.2, 0.25) is 0 Å². The average Bonchev–Trinajstić information content (AvgIpc) is 2.79. The topological polar surface area (TPSA) is 24.9 Å². The lowest BCUT2D eigenvalue weighted by molar-refractivity contribution is 0.424. The van der Waals surface area contributed by atoms with Crippen molar-refractivity contribution in [2.75, 3.05) is 0 Å². The summed E-state index contributed by atoms with van der Waals surface area (Å²) in [5.74, 6) is 1.41. The van der Waals surface area contributed by atoms with Crippen molar-refractivity contribution in [2.45, 2.75) is 91.1 Å². The molecule has 0 radical (unpaired) electrons. The van der Waals surface area contributed by atoms with Crippen LogP contribution in [0.1, 0.15) is 88.2 Å². The van der Waals surface area contributed by atoms with E-state index in [9.17, 15) is 0 Å². The molecule has 1 aromatic heterocycles. The Labute approximate surface area is 134 Å². The van der Waals surface area contributed by atoms with Crippen molar-refractivity contribution >= 4 is 11.3 Å². The summed E-state index contributed by atoms with van der Waals surface area (Å²) < 4.78 is 0. The Kier molecular flexibility index (Phi) is 5.84. The molecule has 21 heavy (non-hydrogen) atoms. The minimum Gasteiger partial charge on any atom is -0.307 e. The second-order valence-corrected chi connectivity index (χ2v) is 9.07. The Morgan fingerprint density at radius 1 is 1.19 bits per heavy atom. The van der Waals surface area contributed by atoms with Crippen LogP contribution in [0.25, 0.3) is 0 Å². The molecule has 3 heteroatoms. The van der Waals surface area contributed by atoms with E-state index >= 15 is 0 Å². The predicted octanol–water partition coefficient (Wildman–Crippen LogP) is 5.28. The summed E-state index contributed by atoms with van der Waals surface area (Å²) in [7, 11) is 0. The molecule has 0 bridgehead atoms.